The zero-order valence-corrected chi connectivity index (χ0v) is 14.6. The van der Waals surface area contributed by atoms with Crippen LogP contribution in [-0.2, 0) is 13.0 Å². The van der Waals surface area contributed by atoms with E-state index in [1.165, 1.54) is 11.6 Å². The molecule has 0 radical (unpaired) electrons. The Kier molecular flexibility index (Phi) is 6.11. The summed E-state index contributed by atoms with van der Waals surface area (Å²) in [6, 6.07) is 11.0. The second-order valence-electron chi connectivity index (χ2n) is 5.41. The fourth-order valence-corrected chi connectivity index (χ4v) is 2.41. The molecule has 0 unspecified atom stereocenters. The second-order valence-corrected chi connectivity index (χ2v) is 5.90. The van der Waals surface area contributed by atoms with Gasteiger partial charge >= 0.3 is 0 Å². The number of ether oxygens (including phenoxy) is 1. The first kappa shape index (κ1) is 17.4. The summed E-state index contributed by atoms with van der Waals surface area (Å²) in [4.78, 5) is 0.681. The molecule has 122 valence electrons. The molecule has 0 aliphatic rings. The molecule has 0 spiro atoms. The SMILES string of the molecule is CCC(=S)Nc1cccc(F)c1COc1ccc(CC)cc1C. The van der Waals surface area contributed by atoms with Crippen LogP contribution in [0.5, 0.6) is 5.75 Å². The summed E-state index contributed by atoms with van der Waals surface area (Å²) in [7, 11) is 0. The lowest BCUT2D eigenvalue weighted by Crippen LogP contribution is -2.11. The van der Waals surface area contributed by atoms with Gasteiger partial charge in [-0.1, -0.05) is 44.3 Å². The quantitative estimate of drug-likeness (QED) is 0.714. The van der Waals surface area contributed by atoms with Crippen LogP contribution in [0.4, 0.5) is 10.1 Å². The van der Waals surface area contributed by atoms with Crippen molar-refractivity contribution in [1.82, 2.24) is 0 Å². The van der Waals surface area contributed by atoms with Gasteiger partial charge in [-0.25, -0.2) is 4.39 Å². The Morgan fingerprint density at radius 2 is 2.00 bits per heavy atom. The molecule has 2 nitrogen and oxygen atoms in total. The maximum absolute atomic E-state index is 14.2. The Bertz CT molecular complexity index is 700. The highest BCUT2D eigenvalue weighted by molar-refractivity contribution is 7.80. The van der Waals surface area contributed by atoms with Crippen LogP contribution in [0.25, 0.3) is 0 Å². The van der Waals surface area contributed by atoms with Crippen LogP contribution >= 0.6 is 12.2 Å². The van der Waals surface area contributed by atoms with Crippen LogP contribution < -0.4 is 10.1 Å². The molecule has 0 saturated heterocycles. The highest BCUT2D eigenvalue weighted by Gasteiger charge is 2.11. The molecule has 2 rings (SSSR count). The average Bonchev–Trinajstić information content (AvgIpc) is 2.55. The minimum absolute atomic E-state index is 0.160. The van der Waals surface area contributed by atoms with Gasteiger partial charge in [0.1, 0.15) is 18.2 Å². The van der Waals surface area contributed by atoms with Gasteiger partial charge in [0.05, 0.1) is 4.99 Å². The minimum Gasteiger partial charge on any atom is -0.488 e. The van der Waals surface area contributed by atoms with E-state index in [4.69, 9.17) is 17.0 Å². The van der Waals surface area contributed by atoms with Crippen LogP contribution in [0.2, 0.25) is 0 Å². The molecule has 0 bridgehead atoms. The number of hydrogen-bond acceptors (Lipinski definition) is 2. The first-order valence-corrected chi connectivity index (χ1v) is 8.25. The fraction of sp³-hybridized carbons (Fsp3) is 0.316. The molecule has 0 aromatic heterocycles. The van der Waals surface area contributed by atoms with Crippen LogP contribution in [0.3, 0.4) is 0 Å². The van der Waals surface area contributed by atoms with E-state index in [0.29, 0.717) is 22.7 Å². The third-order valence-corrected chi connectivity index (χ3v) is 4.12. The maximum Gasteiger partial charge on any atom is 0.131 e. The van der Waals surface area contributed by atoms with E-state index in [1.807, 2.05) is 32.0 Å². The lowest BCUT2D eigenvalue weighted by atomic mass is 10.1. The molecule has 0 fully saturated rings. The minimum atomic E-state index is -0.295. The van der Waals surface area contributed by atoms with E-state index in [9.17, 15) is 4.39 Å². The van der Waals surface area contributed by atoms with Gasteiger partial charge in [-0.15, -0.1) is 0 Å². The highest BCUT2D eigenvalue weighted by Crippen LogP contribution is 2.24. The molecule has 0 heterocycles. The normalized spacial score (nSPS) is 10.4. The van der Waals surface area contributed by atoms with E-state index >= 15 is 0 Å². The van der Waals surface area contributed by atoms with Crippen LogP contribution in [0, 0.1) is 12.7 Å². The topological polar surface area (TPSA) is 21.3 Å². The van der Waals surface area contributed by atoms with Crippen molar-refractivity contribution in [2.75, 3.05) is 5.32 Å². The Morgan fingerprint density at radius 3 is 2.65 bits per heavy atom. The molecule has 0 aliphatic heterocycles. The lowest BCUT2D eigenvalue weighted by molar-refractivity contribution is 0.298. The monoisotopic (exact) mass is 331 g/mol. The number of benzene rings is 2. The summed E-state index contributed by atoms with van der Waals surface area (Å²) in [5.41, 5.74) is 3.47. The van der Waals surface area contributed by atoms with Crippen molar-refractivity contribution in [3.63, 3.8) is 0 Å². The van der Waals surface area contributed by atoms with Gasteiger partial charge in [0.15, 0.2) is 0 Å². The summed E-state index contributed by atoms with van der Waals surface area (Å²) in [5.74, 6) is 0.478. The largest absolute Gasteiger partial charge is 0.488 e. The number of halogens is 1. The number of rotatable bonds is 6. The molecule has 1 N–H and O–H groups in total. The van der Waals surface area contributed by atoms with Gasteiger partial charge in [0.25, 0.3) is 0 Å². The van der Waals surface area contributed by atoms with Gasteiger partial charge < -0.3 is 10.1 Å². The van der Waals surface area contributed by atoms with Crippen LogP contribution in [0.1, 0.15) is 37.0 Å². The molecule has 0 aliphatic carbocycles. The molecule has 0 atom stereocenters. The van der Waals surface area contributed by atoms with Crippen molar-refractivity contribution >= 4 is 22.9 Å². The second kappa shape index (κ2) is 8.06. The van der Waals surface area contributed by atoms with Gasteiger partial charge in [-0.2, -0.15) is 0 Å². The number of aryl methyl sites for hydroxylation is 2. The lowest BCUT2D eigenvalue weighted by Gasteiger charge is -2.15. The first-order valence-electron chi connectivity index (χ1n) is 7.84. The van der Waals surface area contributed by atoms with Crippen molar-refractivity contribution < 1.29 is 9.13 Å². The van der Waals surface area contributed by atoms with Gasteiger partial charge in [-0.05, 0) is 49.1 Å². The molecule has 4 heteroatoms. The van der Waals surface area contributed by atoms with E-state index in [0.717, 1.165) is 17.7 Å². The zero-order chi connectivity index (χ0) is 16.8. The summed E-state index contributed by atoms with van der Waals surface area (Å²) < 4.78 is 20.0. The summed E-state index contributed by atoms with van der Waals surface area (Å²) in [6.45, 7) is 6.24. The molecular weight excluding hydrogens is 309 g/mol. The van der Waals surface area contributed by atoms with Crippen molar-refractivity contribution in [2.45, 2.75) is 40.2 Å². The fourth-order valence-electron chi connectivity index (χ4n) is 2.30. The van der Waals surface area contributed by atoms with Crippen molar-refractivity contribution in [2.24, 2.45) is 0 Å². The summed E-state index contributed by atoms with van der Waals surface area (Å²) in [5, 5.41) is 3.08. The summed E-state index contributed by atoms with van der Waals surface area (Å²) >= 11 is 5.19. The van der Waals surface area contributed by atoms with E-state index in [1.54, 1.807) is 6.07 Å². The highest BCUT2D eigenvalue weighted by atomic mass is 32.1. The first-order chi connectivity index (χ1) is 11.0. The smallest absolute Gasteiger partial charge is 0.131 e. The van der Waals surface area contributed by atoms with Gasteiger partial charge in [-0.3, -0.25) is 0 Å². The molecule has 23 heavy (non-hydrogen) atoms. The number of anilines is 1. The van der Waals surface area contributed by atoms with Crippen molar-refractivity contribution in [3.05, 3.63) is 58.9 Å². The Balaban J connectivity index is 2.18. The Labute approximate surface area is 142 Å². The van der Waals surface area contributed by atoms with E-state index in [2.05, 4.69) is 18.3 Å². The standard InChI is InChI=1S/C19H22FNOS/c1-4-14-9-10-18(13(3)11-14)22-12-15-16(20)7-6-8-17(15)21-19(23)5-2/h6-11H,4-5,12H2,1-3H3,(H,21,23). The molecular formula is C19H22FNOS. The van der Waals surface area contributed by atoms with Gasteiger partial charge in [0, 0.05) is 11.3 Å². The van der Waals surface area contributed by atoms with E-state index in [-0.39, 0.29) is 12.4 Å². The van der Waals surface area contributed by atoms with Crippen molar-refractivity contribution in [3.8, 4) is 5.75 Å². The van der Waals surface area contributed by atoms with E-state index < -0.39 is 0 Å². The third kappa shape index (κ3) is 4.52. The Hall–Kier alpha value is -1.94. The van der Waals surface area contributed by atoms with Gasteiger partial charge in [0.2, 0.25) is 0 Å². The van der Waals surface area contributed by atoms with Crippen LogP contribution in [-0.4, -0.2) is 4.99 Å². The molecule has 0 amide bonds. The zero-order valence-electron chi connectivity index (χ0n) is 13.8. The third-order valence-electron chi connectivity index (χ3n) is 3.73. The maximum atomic E-state index is 14.2. The van der Waals surface area contributed by atoms with Crippen LogP contribution in [0.15, 0.2) is 36.4 Å². The number of thiocarbonyl (C=S) groups is 1. The number of nitrogens with one attached hydrogen (secondary N) is 1. The Morgan fingerprint density at radius 1 is 1.22 bits per heavy atom. The number of hydrogen-bond donors (Lipinski definition) is 1. The molecule has 2 aromatic carbocycles. The summed E-state index contributed by atoms with van der Waals surface area (Å²) in [6.07, 6.45) is 1.70. The molecule has 2 aromatic rings. The van der Waals surface area contributed by atoms with Crippen molar-refractivity contribution in [1.29, 1.82) is 0 Å². The average molecular weight is 331 g/mol. The molecule has 0 saturated carbocycles. The predicted molar refractivity (Wildman–Crippen MR) is 97.8 cm³/mol. The predicted octanol–water partition coefficient (Wildman–Crippen LogP) is 5.42.